The van der Waals surface area contributed by atoms with Crippen molar-refractivity contribution in [2.45, 2.75) is 206 Å². The summed E-state index contributed by atoms with van der Waals surface area (Å²) in [6.07, 6.45) is 44.0. The molecule has 1 aliphatic heterocycles. The first-order valence-corrected chi connectivity index (χ1v) is 27.5. The highest BCUT2D eigenvalue weighted by Gasteiger charge is 2.36. The fourth-order valence-electron chi connectivity index (χ4n) is 6.69. The van der Waals surface area contributed by atoms with E-state index in [0.717, 1.165) is 57.3 Å². The van der Waals surface area contributed by atoms with Crippen molar-refractivity contribution in [3.8, 4) is 0 Å². The molecule has 0 spiro atoms. The molecule has 1 heterocycles. The third-order valence-corrected chi connectivity index (χ3v) is 12.3. The minimum Gasteiger partial charge on any atom is -0.462 e. The Kier molecular flexibility index (Phi) is 37.2. The van der Waals surface area contributed by atoms with E-state index in [-0.39, 0.29) is 12.8 Å². The molecule has 0 aromatic rings. The van der Waals surface area contributed by atoms with Gasteiger partial charge in [0.15, 0.2) is 6.10 Å². The Morgan fingerprint density at radius 2 is 1.06 bits per heavy atom. The second kappa shape index (κ2) is 39.7. The SMILES string of the molecule is CC/C=C\CC1OC1C/C=C\C/C=C\C/C=C\C/C=C\CCC(=O)OC[C@H](COP(=O)(O)OC[C@@H](O)COP(=O)(O)O)OC(=O)CCCCCCCCCCCCCCCCC(C)CC. The van der Waals surface area contributed by atoms with Gasteiger partial charge in [0.1, 0.15) is 12.7 Å². The van der Waals surface area contributed by atoms with Gasteiger partial charge in [0.05, 0.1) is 32.0 Å². The summed E-state index contributed by atoms with van der Waals surface area (Å²) in [6, 6.07) is 0. The Morgan fingerprint density at radius 1 is 0.585 bits per heavy atom. The molecule has 1 fully saturated rings. The van der Waals surface area contributed by atoms with Crippen molar-refractivity contribution in [3.63, 3.8) is 0 Å². The van der Waals surface area contributed by atoms with Crippen LogP contribution in [0.25, 0.3) is 0 Å². The van der Waals surface area contributed by atoms with Gasteiger partial charge in [-0.3, -0.25) is 23.2 Å². The summed E-state index contributed by atoms with van der Waals surface area (Å²) >= 11 is 0. The van der Waals surface area contributed by atoms with Crippen LogP contribution in [0.1, 0.15) is 181 Å². The van der Waals surface area contributed by atoms with Gasteiger partial charge >= 0.3 is 27.6 Å². The van der Waals surface area contributed by atoms with Crippen molar-refractivity contribution in [1.29, 1.82) is 0 Å². The standard InChI is InChI=1S/C49H86O14P2/c1-4-6-29-35-46-47(63-46)36-31-26-22-18-14-11-12-15-19-23-27-32-37-48(51)58-41-45(42-61-65(56,57)60-40-44(50)39-59-64(53,54)55)62-49(52)38-33-28-24-20-16-10-8-7-9-13-17-21-25-30-34-43(3)5-2/h6,12,14-15,18,23,26-27,29,31,43-47,50H,4-5,7-11,13,16-17,19-22,24-25,28,30,32-42H2,1-3H3,(H,56,57)(H2,53,54,55)/b15-12-,18-14-,27-23-,29-6-,31-26-/t43?,44-,45+,46?,47?/m0/s1. The van der Waals surface area contributed by atoms with Gasteiger partial charge in [-0.15, -0.1) is 0 Å². The van der Waals surface area contributed by atoms with E-state index >= 15 is 0 Å². The van der Waals surface area contributed by atoms with Crippen molar-refractivity contribution in [1.82, 2.24) is 0 Å². The van der Waals surface area contributed by atoms with E-state index in [0.29, 0.717) is 31.5 Å². The predicted octanol–water partition coefficient (Wildman–Crippen LogP) is 12.0. The Labute approximate surface area is 391 Å². The number of unbranched alkanes of at least 4 members (excludes halogenated alkanes) is 13. The molecule has 1 saturated heterocycles. The number of epoxide rings is 1. The minimum absolute atomic E-state index is 0.0658. The van der Waals surface area contributed by atoms with E-state index in [4.69, 9.17) is 33.0 Å². The lowest BCUT2D eigenvalue weighted by Gasteiger charge is -2.20. The van der Waals surface area contributed by atoms with Crippen LogP contribution >= 0.6 is 15.6 Å². The summed E-state index contributed by atoms with van der Waals surface area (Å²) in [7, 11) is -9.71. The van der Waals surface area contributed by atoms with E-state index < -0.39 is 66.2 Å². The lowest BCUT2D eigenvalue weighted by Crippen LogP contribution is -2.29. The number of carbonyl (C=O) groups excluding carboxylic acids is 2. The number of rotatable bonds is 44. The van der Waals surface area contributed by atoms with Crippen LogP contribution in [0.4, 0.5) is 0 Å². The number of carbonyl (C=O) groups is 2. The van der Waals surface area contributed by atoms with E-state index in [1.807, 2.05) is 18.2 Å². The molecule has 4 N–H and O–H groups in total. The van der Waals surface area contributed by atoms with Crippen LogP contribution in [-0.4, -0.2) is 82.6 Å². The highest BCUT2D eigenvalue weighted by molar-refractivity contribution is 7.47. The molecule has 0 amide bonds. The summed E-state index contributed by atoms with van der Waals surface area (Å²) in [4.78, 5) is 52.9. The van der Waals surface area contributed by atoms with Crippen LogP contribution in [0.3, 0.4) is 0 Å². The number of hydrogen-bond acceptors (Lipinski definition) is 11. The molecule has 1 rings (SSSR count). The van der Waals surface area contributed by atoms with Crippen molar-refractivity contribution in [3.05, 3.63) is 60.8 Å². The molecule has 0 aromatic heterocycles. The first-order valence-electron chi connectivity index (χ1n) is 24.5. The zero-order valence-corrected chi connectivity index (χ0v) is 41.7. The Bertz CT molecular complexity index is 1460. The highest BCUT2D eigenvalue weighted by atomic mass is 31.2. The Hall–Kier alpha value is -2.22. The molecule has 65 heavy (non-hydrogen) atoms. The van der Waals surface area contributed by atoms with Gasteiger partial charge in [-0.1, -0.05) is 178 Å². The lowest BCUT2D eigenvalue weighted by molar-refractivity contribution is -0.161. The number of aliphatic hydroxyl groups is 1. The van der Waals surface area contributed by atoms with Crippen molar-refractivity contribution in [2.75, 3.05) is 26.4 Å². The molecule has 0 radical (unpaired) electrons. The van der Waals surface area contributed by atoms with Gasteiger partial charge in [0, 0.05) is 12.8 Å². The molecule has 376 valence electrons. The molecule has 16 heteroatoms. The molecule has 0 aliphatic carbocycles. The van der Waals surface area contributed by atoms with Crippen molar-refractivity contribution < 1.29 is 66.3 Å². The van der Waals surface area contributed by atoms with Gasteiger partial charge in [-0.25, -0.2) is 9.13 Å². The molecule has 0 bridgehead atoms. The van der Waals surface area contributed by atoms with Gasteiger partial charge in [-0.05, 0) is 57.3 Å². The number of aliphatic hydroxyl groups excluding tert-OH is 1. The third kappa shape index (κ3) is 40.6. The summed E-state index contributed by atoms with van der Waals surface area (Å²) in [5.41, 5.74) is 0. The molecule has 1 aliphatic rings. The van der Waals surface area contributed by atoms with Crippen LogP contribution in [0.2, 0.25) is 0 Å². The van der Waals surface area contributed by atoms with Crippen LogP contribution < -0.4 is 0 Å². The van der Waals surface area contributed by atoms with Crippen LogP contribution in [0, 0.1) is 5.92 Å². The average molecular weight is 961 g/mol. The maximum Gasteiger partial charge on any atom is 0.472 e. The van der Waals surface area contributed by atoms with Crippen molar-refractivity contribution in [2.24, 2.45) is 5.92 Å². The largest absolute Gasteiger partial charge is 0.472 e. The normalized spacial score (nSPS) is 18.0. The number of phosphoric ester groups is 2. The monoisotopic (exact) mass is 961 g/mol. The van der Waals surface area contributed by atoms with E-state index in [9.17, 15) is 28.7 Å². The third-order valence-electron chi connectivity index (χ3n) is 10.9. The zero-order valence-electron chi connectivity index (χ0n) is 39.9. The molecule has 0 aromatic carbocycles. The van der Waals surface area contributed by atoms with Crippen LogP contribution in [0.5, 0.6) is 0 Å². The fourth-order valence-corrected chi connectivity index (χ4v) is 7.84. The average Bonchev–Trinajstić information content (AvgIpc) is 4.03. The van der Waals surface area contributed by atoms with E-state index in [1.165, 1.54) is 77.0 Å². The lowest BCUT2D eigenvalue weighted by atomic mass is 9.99. The fraction of sp³-hybridized carbons (Fsp3) is 0.755. The van der Waals surface area contributed by atoms with Crippen molar-refractivity contribution >= 4 is 27.6 Å². The van der Waals surface area contributed by atoms with Gasteiger partial charge in [-0.2, -0.15) is 0 Å². The van der Waals surface area contributed by atoms with Gasteiger partial charge in [0.2, 0.25) is 0 Å². The minimum atomic E-state index is -4.87. The number of hydrogen-bond donors (Lipinski definition) is 4. The molecular weight excluding hydrogens is 874 g/mol. The second-order valence-corrected chi connectivity index (χ2v) is 19.7. The zero-order chi connectivity index (χ0) is 47.9. The topological polar surface area (TPSA) is 208 Å². The number of ether oxygens (including phenoxy) is 3. The van der Waals surface area contributed by atoms with E-state index in [2.05, 4.69) is 67.8 Å². The Morgan fingerprint density at radius 3 is 1.60 bits per heavy atom. The quantitative estimate of drug-likeness (QED) is 0.0147. The number of allylic oxidation sites excluding steroid dienone is 8. The summed E-state index contributed by atoms with van der Waals surface area (Å²) in [6.45, 7) is 3.94. The van der Waals surface area contributed by atoms with Gasteiger partial charge < -0.3 is 34.0 Å². The number of phosphoric acid groups is 2. The maximum absolute atomic E-state index is 12.7. The van der Waals surface area contributed by atoms with Gasteiger partial charge in [0.25, 0.3) is 0 Å². The Balaban J connectivity index is 2.35. The molecule has 6 atom stereocenters. The summed E-state index contributed by atoms with van der Waals surface area (Å²) < 4.78 is 53.5. The molecule has 0 saturated carbocycles. The summed E-state index contributed by atoms with van der Waals surface area (Å²) in [5.74, 6) is -0.276. The highest BCUT2D eigenvalue weighted by Crippen LogP contribution is 2.44. The molecule has 14 nitrogen and oxygen atoms in total. The first kappa shape index (κ1) is 60.8. The molecule has 4 unspecified atom stereocenters. The van der Waals surface area contributed by atoms with Crippen LogP contribution in [0.15, 0.2) is 60.8 Å². The number of esters is 2. The summed E-state index contributed by atoms with van der Waals surface area (Å²) in [5, 5.41) is 9.77. The predicted molar refractivity (Wildman–Crippen MR) is 257 cm³/mol. The smallest absolute Gasteiger partial charge is 0.462 e. The van der Waals surface area contributed by atoms with E-state index in [1.54, 1.807) is 0 Å². The maximum atomic E-state index is 12.7. The second-order valence-electron chi connectivity index (χ2n) is 17.0. The van der Waals surface area contributed by atoms with Crippen LogP contribution in [-0.2, 0) is 46.5 Å². The molecular formula is C49H86O14P2. The first-order chi connectivity index (χ1) is 31.2.